The summed E-state index contributed by atoms with van der Waals surface area (Å²) in [6.45, 7) is 5.91. The average Bonchev–Trinajstić information content (AvgIpc) is 2.67. The van der Waals surface area contributed by atoms with Crippen LogP contribution in [0.1, 0.15) is 24.2 Å². The lowest BCUT2D eigenvalue weighted by Crippen LogP contribution is -2.21. The number of nitrogens with zero attached hydrogens (tertiary/aromatic N) is 1. The van der Waals surface area contributed by atoms with E-state index in [0.717, 1.165) is 18.8 Å². The van der Waals surface area contributed by atoms with Crippen LogP contribution in [0.5, 0.6) is 23.0 Å². The molecule has 26 heavy (non-hydrogen) atoms. The van der Waals surface area contributed by atoms with Crippen molar-refractivity contribution in [2.24, 2.45) is 0 Å². The first-order valence-electron chi connectivity index (χ1n) is 8.45. The van der Waals surface area contributed by atoms with E-state index in [0.29, 0.717) is 28.6 Å². The van der Waals surface area contributed by atoms with Crippen LogP contribution >= 0.6 is 0 Å². The Bertz CT molecular complexity index is 731. The Kier molecular flexibility index (Phi) is 6.72. The number of hydrogen-bond donors (Lipinski definition) is 0. The minimum atomic E-state index is -0.499. The summed E-state index contributed by atoms with van der Waals surface area (Å²) in [5, 5.41) is 0. The summed E-state index contributed by atoms with van der Waals surface area (Å²) in [6, 6.07) is 10.6. The molecule has 0 aromatic heterocycles. The molecule has 0 unspecified atom stereocenters. The highest BCUT2D eigenvalue weighted by atomic mass is 16.5. The van der Waals surface area contributed by atoms with E-state index in [9.17, 15) is 4.79 Å². The normalized spacial score (nSPS) is 10.2. The van der Waals surface area contributed by atoms with Crippen molar-refractivity contribution in [3.05, 3.63) is 42.0 Å². The topological polar surface area (TPSA) is 57.2 Å². The van der Waals surface area contributed by atoms with Crippen molar-refractivity contribution in [2.45, 2.75) is 13.8 Å². The zero-order valence-electron chi connectivity index (χ0n) is 15.9. The average molecular weight is 359 g/mol. The van der Waals surface area contributed by atoms with Gasteiger partial charge in [0.2, 0.25) is 5.75 Å². The van der Waals surface area contributed by atoms with Gasteiger partial charge in [0.1, 0.15) is 5.75 Å². The molecule has 0 amide bonds. The van der Waals surface area contributed by atoms with E-state index in [1.165, 1.54) is 21.3 Å². The van der Waals surface area contributed by atoms with Crippen LogP contribution in [0.4, 0.5) is 5.69 Å². The van der Waals surface area contributed by atoms with Crippen LogP contribution in [0, 0.1) is 0 Å². The second-order valence-corrected chi connectivity index (χ2v) is 5.47. The molecular formula is C20H25NO5. The smallest absolute Gasteiger partial charge is 0.343 e. The Hall–Kier alpha value is -2.89. The summed E-state index contributed by atoms with van der Waals surface area (Å²) < 4.78 is 21.4. The monoisotopic (exact) mass is 359 g/mol. The van der Waals surface area contributed by atoms with Crippen molar-refractivity contribution in [2.75, 3.05) is 39.3 Å². The minimum absolute atomic E-state index is 0.313. The summed E-state index contributed by atoms with van der Waals surface area (Å²) >= 11 is 0. The summed E-state index contributed by atoms with van der Waals surface area (Å²) in [6.07, 6.45) is 0. The molecule has 0 spiro atoms. The Balaban J connectivity index is 2.29. The molecular weight excluding hydrogens is 334 g/mol. The zero-order valence-corrected chi connectivity index (χ0v) is 15.9. The molecule has 0 saturated heterocycles. The molecule has 0 atom stereocenters. The number of carbonyl (C=O) groups excluding carboxylic acids is 1. The van der Waals surface area contributed by atoms with E-state index < -0.39 is 5.97 Å². The number of esters is 1. The molecule has 0 saturated carbocycles. The molecule has 140 valence electrons. The van der Waals surface area contributed by atoms with E-state index in [1.807, 2.05) is 18.2 Å². The molecule has 6 nitrogen and oxygen atoms in total. The SMILES string of the molecule is CCN(CC)c1cccc(OC(=O)c2cc(OC)c(OC)c(OC)c2)c1. The number of rotatable bonds is 8. The summed E-state index contributed by atoms with van der Waals surface area (Å²) in [5.74, 6) is 1.20. The lowest BCUT2D eigenvalue weighted by atomic mass is 10.2. The predicted octanol–water partition coefficient (Wildman–Crippen LogP) is 3.78. The molecule has 0 aliphatic heterocycles. The van der Waals surface area contributed by atoms with Gasteiger partial charge in [0.25, 0.3) is 0 Å². The minimum Gasteiger partial charge on any atom is -0.493 e. The van der Waals surface area contributed by atoms with Gasteiger partial charge < -0.3 is 23.8 Å². The van der Waals surface area contributed by atoms with E-state index in [4.69, 9.17) is 18.9 Å². The van der Waals surface area contributed by atoms with Crippen LogP contribution in [0.3, 0.4) is 0 Å². The van der Waals surface area contributed by atoms with Crippen molar-refractivity contribution in [1.29, 1.82) is 0 Å². The molecule has 2 aromatic rings. The largest absolute Gasteiger partial charge is 0.493 e. The molecule has 0 aliphatic carbocycles. The Labute approximate surface area is 154 Å². The predicted molar refractivity (Wildman–Crippen MR) is 101 cm³/mol. The molecule has 0 aliphatic rings. The van der Waals surface area contributed by atoms with Crippen molar-refractivity contribution < 1.29 is 23.7 Å². The third kappa shape index (κ3) is 4.20. The van der Waals surface area contributed by atoms with Crippen LogP contribution in [0.15, 0.2) is 36.4 Å². The maximum absolute atomic E-state index is 12.6. The summed E-state index contributed by atoms with van der Waals surface area (Å²) in [7, 11) is 4.51. The lowest BCUT2D eigenvalue weighted by Gasteiger charge is -2.21. The van der Waals surface area contributed by atoms with Crippen molar-refractivity contribution >= 4 is 11.7 Å². The third-order valence-corrected chi connectivity index (χ3v) is 4.06. The molecule has 0 N–H and O–H groups in total. The summed E-state index contributed by atoms with van der Waals surface area (Å²) in [5.41, 5.74) is 1.32. The van der Waals surface area contributed by atoms with Gasteiger partial charge >= 0.3 is 5.97 Å². The van der Waals surface area contributed by atoms with E-state index in [-0.39, 0.29) is 0 Å². The molecule has 0 bridgehead atoms. The Morgan fingerprint density at radius 1 is 0.923 bits per heavy atom. The highest BCUT2D eigenvalue weighted by molar-refractivity contribution is 5.92. The molecule has 2 aromatic carbocycles. The highest BCUT2D eigenvalue weighted by Crippen LogP contribution is 2.38. The fraction of sp³-hybridized carbons (Fsp3) is 0.350. The third-order valence-electron chi connectivity index (χ3n) is 4.06. The van der Waals surface area contributed by atoms with Gasteiger partial charge in [0.05, 0.1) is 26.9 Å². The molecule has 0 heterocycles. The van der Waals surface area contributed by atoms with Crippen molar-refractivity contribution in [3.8, 4) is 23.0 Å². The van der Waals surface area contributed by atoms with Crippen LogP contribution in [-0.4, -0.2) is 40.4 Å². The van der Waals surface area contributed by atoms with Gasteiger partial charge in [0.15, 0.2) is 11.5 Å². The van der Waals surface area contributed by atoms with Crippen LogP contribution in [0.25, 0.3) is 0 Å². The van der Waals surface area contributed by atoms with Crippen LogP contribution in [0.2, 0.25) is 0 Å². The first kappa shape index (κ1) is 19.4. The highest BCUT2D eigenvalue weighted by Gasteiger charge is 2.18. The van der Waals surface area contributed by atoms with E-state index in [1.54, 1.807) is 18.2 Å². The van der Waals surface area contributed by atoms with Crippen molar-refractivity contribution in [1.82, 2.24) is 0 Å². The number of carbonyl (C=O) groups is 1. The lowest BCUT2D eigenvalue weighted by molar-refractivity contribution is 0.0734. The number of anilines is 1. The van der Waals surface area contributed by atoms with Gasteiger partial charge in [-0.25, -0.2) is 4.79 Å². The van der Waals surface area contributed by atoms with Crippen molar-refractivity contribution in [3.63, 3.8) is 0 Å². The van der Waals surface area contributed by atoms with Gasteiger partial charge in [-0.2, -0.15) is 0 Å². The Morgan fingerprint density at radius 2 is 1.54 bits per heavy atom. The van der Waals surface area contributed by atoms with E-state index >= 15 is 0 Å². The molecule has 0 radical (unpaired) electrons. The Morgan fingerprint density at radius 3 is 2.04 bits per heavy atom. The van der Waals surface area contributed by atoms with Gasteiger partial charge in [-0.3, -0.25) is 0 Å². The fourth-order valence-corrected chi connectivity index (χ4v) is 2.70. The van der Waals surface area contributed by atoms with Gasteiger partial charge in [0, 0.05) is 24.8 Å². The van der Waals surface area contributed by atoms with Crippen LogP contribution in [-0.2, 0) is 0 Å². The zero-order chi connectivity index (χ0) is 19.1. The fourth-order valence-electron chi connectivity index (χ4n) is 2.70. The standard InChI is InChI=1S/C20H25NO5/c1-6-21(7-2)15-9-8-10-16(13-15)26-20(22)14-11-17(23-3)19(25-5)18(12-14)24-4/h8-13H,6-7H2,1-5H3. The number of hydrogen-bond acceptors (Lipinski definition) is 6. The second kappa shape index (κ2) is 8.99. The molecule has 2 rings (SSSR count). The number of ether oxygens (including phenoxy) is 4. The second-order valence-electron chi connectivity index (χ2n) is 5.47. The van der Waals surface area contributed by atoms with Gasteiger partial charge in [-0.15, -0.1) is 0 Å². The maximum Gasteiger partial charge on any atom is 0.343 e. The molecule has 0 fully saturated rings. The first-order chi connectivity index (χ1) is 12.6. The van der Waals surface area contributed by atoms with Gasteiger partial charge in [-0.1, -0.05) is 6.07 Å². The van der Waals surface area contributed by atoms with Gasteiger partial charge in [-0.05, 0) is 38.1 Å². The van der Waals surface area contributed by atoms with Crippen LogP contribution < -0.4 is 23.8 Å². The summed E-state index contributed by atoms with van der Waals surface area (Å²) in [4.78, 5) is 14.8. The molecule has 6 heteroatoms. The first-order valence-corrected chi connectivity index (χ1v) is 8.45. The number of methoxy groups -OCH3 is 3. The quantitative estimate of drug-likeness (QED) is 0.528. The van der Waals surface area contributed by atoms with E-state index in [2.05, 4.69) is 18.7 Å². The number of benzene rings is 2. The maximum atomic E-state index is 12.6.